The van der Waals surface area contributed by atoms with Crippen molar-refractivity contribution >= 4 is 11.6 Å². The quantitative estimate of drug-likeness (QED) is 0.692. The Morgan fingerprint density at radius 2 is 1.85 bits per heavy atom. The first-order chi connectivity index (χ1) is 12.7. The molecular weight excluding hydrogens is 364 g/mol. The third kappa shape index (κ3) is 3.81. The molecule has 9 heteroatoms. The van der Waals surface area contributed by atoms with E-state index in [1.165, 1.54) is 22.9 Å². The molecule has 3 aromatic rings. The van der Waals surface area contributed by atoms with Crippen molar-refractivity contribution in [1.82, 2.24) is 15.0 Å². The number of carbonyl (C=O) groups is 1. The standard InChI is InChI=1S/C18H14F4N4O/c1-10-6-7-14(9-15(10)19)26-11(2)16(24-25-26)17(27)23-13-5-3-4-12(8-13)18(20,21)22/h3-9H,1-2H3,(H,23,27). The first kappa shape index (κ1) is 18.6. The molecule has 2 aromatic carbocycles. The van der Waals surface area contributed by atoms with Gasteiger partial charge >= 0.3 is 6.18 Å². The average molecular weight is 378 g/mol. The van der Waals surface area contributed by atoms with E-state index in [0.29, 0.717) is 16.9 Å². The van der Waals surface area contributed by atoms with Crippen LogP contribution in [0.2, 0.25) is 0 Å². The number of rotatable bonds is 3. The highest BCUT2D eigenvalue weighted by Gasteiger charge is 2.30. The van der Waals surface area contributed by atoms with Gasteiger partial charge in [0.1, 0.15) is 5.82 Å². The van der Waals surface area contributed by atoms with Crippen LogP contribution in [0, 0.1) is 19.7 Å². The van der Waals surface area contributed by atoms with Gasteiger partial charge in [0.2, 0.25) is 0 Å². The Hall–Kier alpha value is -3.23. The molecule has 0 unspecified atom stereocenters. The third-order valence-electron chi connectivity index (χ3n) is 3.96. The summed E-state index contributed by atoms with van der Waals surface area (Å²) in [5, 5.41) is 9.97. The summed E-state index contributed by atoms with van der Waals surface area (Å²) in [4.78, 5) is 12.4. The highest BCUT2D eigenvalue weighted by Crippen LogP contribution is 2.30. The lowest BCUT2D eigenvalue weighted by atomic mass is 10.2. The fourth-order valence-corrected chi connectivity index (χ4v) is 2.46. The van der Waals surface area contributed by atoms with Gasteiger partial charge < -0.3 is 5.32 Å². The van der Waals surface area contributed by atoms with Crippen molar-refractivity contribution in [3.8, 4) is 5.69 Å². The fraction of sp³-hybridized carbons (Fsp3) is 0.167. The first-order valence-electron chi connectivity index (χ1n) is 7.84. The molecule has 0 aliphatic carbocycles. The minimum Gasteiger partial charge on any atom is -0.321 e. The van der Waals surface area contributed by atoms with E-state index in [4.69, 9.17) is 0 Å². The van der Waals surface area contributed by atoms with Crippen molar-refractivity contribution in [3.63, 3.8) is 0 Å². The fourth-order valence-electron chi connectivity index (χ4n) is 2.46. The molecule has 0 spiro atoms. The molecule has 0 aliphatic heterocycles. The molecule has 0 atom stereocenters. The van der Waals surface area contributed by atoms with Crippen LogP contribution in [0.3, 0.4) is 0 Å². The second-order valence-corrected chi connectivity index (χ2v) is 5.90. The Morgan fingerprint density at radius 3 is 2.52 bits per heavy atom. The van der Waals surface area contributed by atoms with Crippen LogP contribution in [0.25, 0.3) is 5.69 Å². The van der Waals surface area contributed by atoms with Crippen LogP contribution in [-0.2, 0) is 6.18 Å². The zero-order chi connectivity index (χ0) is 19.8. The SMILES string of the molecule is Cc1ccc(-n2nnc(C(=O)Nc3cccc(C(F)(F)F)c3)c2C)cc1F. The van der Waals surface area contributed by atoms with Gasteiger partial charge in [-0.3, -0.25) is 4.79 Å². The van der Waals surface area contributed by atoms with Crippen molar-refractivity contribution in [3.05, 3.63) is 70.8 Å². The van der Waals surface area contributed by atoms with Gasteiger partial charge in [0, 0.05) is 5.69 Å². The van der Waals surface area contributed by atoms with Crippen molar-refractivity contribution in [2.45, 2.75) is 20.0 Å². The molecule has 0 radical (unpaired) electrons. The number of aromatic nitrogens is 3. The maximum absolute atomic E-state index is 13.8. The molecule has 1 N–H and O–H groups in total. The first-order valence-corrected chi connectivity index (χ1v) is 7.84. The Bertz CT molecular complexity index is 1010. The monoisotopic (exact) mass is 378 g/mol. The number of aryl methyl sites for hydroxylation is 1. The summed E-state index contributed by atoms with van der Waals surface area (Å²) < 4.78 is 53.4. The summed E-state index contributed by atoms with van der Waals surface area (Å²) in [7, 11) is 0. The van der Waals surface area contributed by atoms with Gasteiger partial charge in [0.25, 0.3) is 5.91 Å². The zero-order valence-electron chi connectivity index (χ0n) is 14.3. The molecule has 27 heavy (non-hydrogen) atoms. The molecule has 140 valence electrons. The minimum atomic E-state index is -4.52. The van der Waals surface area contributed by atoms with Crippen molar-refractivity contribution in [2.75, 3.05) is 5.32 Å². The van der Waals surface area contributed by atoms with Crippen LogP contribution >= 0.6 is 0 Å². The van der Waals surface area contributed by atoms with Crippen LogP contribution in [0.15, 0.2) is 42.5 Å². The maximum Gasteiger partial charge on any atom is 0.416 e. The summed E-state index contributed by atoms with van der Waals surface area (Å²) in [6, 6.07) is 8.70. The number of hydrogen-bond acceptors (Lipinski definition) is 3. The topological polar surface area (TPSA) is 59.8 Å². The van der Waals surface area contributed by atoms with Crippen molar-refractivity contribution < 1.29 is 22.4 Å². The number of nitrogens with one attached hydrogen (secondary N) is 1. The van der Waals surface area contributed by atoms with Gasteiger partial charge in [-0.25, -0.2) is 9.07 Å². The molecule has 0 bridgehead atoms. The van der Waals surface area contributed by atoms with E-state index >= 15 is 0 Å². The number of halogens is 4. The summed E-state index contributed by atoms with van der Waals surface area (Å²) in [6.45, 7) is 3.17. The van der Waals surface area contributed by atoms with Crippen LogP contribution in [-0.4, -0.2) is 20.9 Å². The summed E-state index contributed by atoms with van der Waals surface area (Å²) in [5.41, 5.74) is 0.178. The zero-order valence-corrected chi connectivity index (χ0v) is 14.3. The number of benzene rings is 2. The van der Waals surface area contributed by atoms with Gasteiger partial charge in [-0.1, -0.05) is 17.3 Å². The van der Waals surface area contributed by atoms with E-state index in [-0.39, 0.29) is 11.4 Å². The summed E-state index contributed by atoms with van der Waals surface area (Å²) in [5.74, 6) is -1.15. The van der Waals surface area contributed by atoms with Crippen LogP contribution in [0.5, 0.6) is 0 Å². The largest absolute Gasteiger partial charge is 0.416 e. The molecule has 5 nitrogen and oxygen atoms in total. The van der Waals surface area contributed by atoms with E-state index in [0.717, 1.165) is 12.1 Å². The van der Waals surface area contributed by atoms with Gasteiger partial charge in [0.15, 0.2) is 5.69 Å². The van der Waals surface area contributed by atoms with E-state index in [1.807, 2.05) is 0 Å². The molecule has 0 saturated carbocycles. The van der Waals surface area contributed by atoms with Crippen molar-refractivity contribution in [2.24, 2.45) is 0 Å². The summed E-state index contributed by atoms with van der Waals surface area (Å²) in [6.07, 6.45) is -4.52. The third-order valence-corrected chi connectivity index (χ3v) is 3.96. The van der Waals surface area contributed by atoms with Gasteiger partial charge in [0.05, 0.1) is 16.9 Å². The normalized spacial score (nSPS) is 11.5. The predicted molar refractivity (Wildman–Crippen MR) is 90.2 cm³/mol. The highest BCUT2D eigenvalue weighted by molar-refractivity contribution is 6.03. The molecule has 3 rings (SSSR count). The Kier molecular flexibility index (Phi) is 4.69. The van der Waals surface area contributed by atoms with Gasteiger partial charge in [-0.15, -0.1) is 5.10 Å². The number of carbonyl (C=O) groups excluding carboxylic acids is 1. The smallest absolute Gasteiger partial charge is 0.321 e. The van der Waals surface area contributed by atoms with E-state index in [1.54, 1.807) is 26.0 Å². The molecule has 1 aromatic heterocycles. The van der Waals surface area contributed by atoms with Crippen LogP contribution in [0.1, 0.15) is 27.3 Å². The number of amides is 1. The number of nitrogens with zero attached hydrogens (tertiary/aromatic N) is 3. The van der Waals surface area contributed by atoms with Gasteiger partial charge in [-0.2, -0.15) is 13.2 Å². The molecular formula is C18H14F4N4O. The lowest BCUT2D eigenvalue weighted by molar-refractivity contribution is -0.137. The Morgan fingerprint density at radius 1 is 1.11 bits per heavy atom. The second-order valence-electron chi connectivity index (χ2n) is 5.90. The maximum atomic E-state index is 13.8. The molecule has 0 aliphatic rings. The molecule has 0 saturated heterocycles. The van der Waals surface area contributed by atoms with Crippen LogP contribution < -0.4 is 5.32 Å². The lowest BCUT2D eigenvalue weighted by Crippen LogP contribution is -2.15. The van der Waals surface area contributed by atoms with E-state index in [9.17, 15) is 22.4 Å². The average Bonchev–Trinajstić information content (AvgIpc) is 2.98. The van der Waals surface area contributed by atoms with Crippen molar-refractivity contribution in [1.29, 1.82) is 0 Å². The predicted octanol–water partition coefficient (Wildman–Crippen LogP) is 4.29. The highest BCUT2D eigenvalue weighted by atomic mass is 19.4. The van der Waals surface area contributed by atoms with Crippen LogP contribution in [0.4, 0.5) is 23.2 Å². The minimum absolute atomic E-state index is 0.0230. The van der Waals surface area contributed by atoms with Gasteiger partial charge in [-0.05, 0) is 49.7 Å². The number of hydrogen-bond donors (Lipinski definition) is 1. The number of alkyl halides is 3. The second kappa shape index (κ2) is 6.82. The molecule has 1 amide bonds. The molecule has 0 fully saturated rings. The Balaban J connectivity index is 1.86. The summed E-state index contributed by atoms with van der Waals surface area (Å²) >= 11 is 0. The lowest BCUT2D eigenvalue weighted by Gasteiger charge is -2.09. The van der Waals surface area contributed by atoms with E-state index < -0.39 is 23.5 Å². The van der Waals surface area contributed by atoms with E-state index in [2.05, 4.69) is 15.6 Å². The molecule has 1 heterocycles. The Labute approximate surface area is 151 Å². The number of anilines is 1.